The molecule has 2 aromatic carbocycles. The fourth-order valence-corrected chi connectivity index (χ4v) is 3.95. The summed E-state index contributed by atoms with van der Waals surface area (Å²) in [6, 6.07) is 10.0. The van der Waals surface area contributed by atoms with E-state index in [-0.39, 0.29) is 22.9 Å². The Bertz CT molecular complexity index is 1040. The van der Waals surface area contributed by atoms with E-state index in [4.69, 9.17) is 5.14 Å². The maximum atomic E-state index is 12.1. The SMILES string of the molecule is Cc1cc(C)cc(NC(=O)NCCS(=O)(=O)Nc2ccc(S(N)(=O)=O)cc2)c1. The number of benzene rings is 2. The van der Waals surface area contributed by atoms with Crippen LogP contribution in [0.15, 0.2) is 47.4 Å². The number of aryl methyl sites for hydroxylation is 2. The van der Waals surface area contributed by atoms with Crippen LogP contribution in [0.4, 0.5) is 16.2 Å². The average Bonchev–Trinajstić information content (AvgIpc) is 2.52. The smallest absolute Gasteiger partial charge is 0.319 e. The number of rotatable bonds is 7. The van der Waals surface area contributed by atoms with Crippen LogP contribution in [0.25, 0.3) is 0 Å². The number of amides is 2. The quantitative estimate of drug-likeness (QED) is 0.530. The summed E-state index contributed by atoms with van der Waals surface area (Å²) >= 11 is 0. The summed E-state index contributed by atoms with van der Waals surface area (Å²) in [4.78, 5) is 11.8. The van der Waals surface area contributed by atoms with Crippen LogP contribution in [0.2, 0.25) is 0 Å². The van der Waals surface area contributed by atoms with Crippen molar-refractivity contribution in [2.75, 3.05) is 22.3 Å². The second kappa shape index (κ2) is 8.59. The van der Waals surface area contributed by atoms with Gasteiger partial charge in [-0.3, -0.25) is 4.72 Å². The zero-order valence-corrected chi connectivity index (χ0v) is 17.0. The molecule has 0 radical (unpaired) electrons. The predicted molar refractivity (Wildman–Crippen MR) is 108 cm³/mol. The second-order valence-corrected chi connectivity index (χ2v) is 9.65. The van der Waals surface area contributed by atoms with Gasteiger partial charge in [0.1, 0.15) is 0 Å². The van der Waals surface area contributed by atoms with Crippen LogP contribution < -0.4 is 20.5 Å². The molecular weight excluding hydrogens is 404 g/mol. The molecular formula is C17H22N4O5S2. The summed E-state index contributed by atoms with van der Waals surface area (Å²) in [6.07, 6.45) is 0. The van der Waals surface area contributed by atoms with Gasteiger partial charge in [-0.25, -0.2) is 26.8 Å². The topological polar surface area (TPSA) is 147 Å². The number of nitrogens with two attached hydrogens (primary N) is 1. The van der Waals surface area contributed by atoms with Crippen molar-refractivity contribution in [2.45, 2.75) is 18.7 Å². The van der Waals surface area contributed by atoms with Crippen LogP contribution in [0.1, 0.15) is 11.1 Å². The van der Waals surface area contributed by atoms with E-state index in [0.29, 0.717) is 5.69 Å². The number of primary sulfonamides is 1. The molecule has 5 N–H and O–H groups in total. The van der Waals surface area contributed by atoms with Crippen LogP contribution >= 0.6 is 0 Å². The number of hydrogen-bond acceptors (Lipinski definition) is 5. The number of carbonyl (C=O) groups is 1. The Morgan fingerprint density at radius 3 is 2.04 bits per heavy atom. The number of carbonyl (C=O) groups excluding carboxylic acids is 1. The van der Waals surface area contributed by atoms with Gasteiger partial charge in [0, 0.05) is 17.9 Å². The van der Waals surface area contributed by atoms with Crippen molar-refractivity contribution in [3.8, 4) is 0 Å². The van der Waals surface area contributed by atoms with Gasteiger partial charge in [-0.05, 0) is 61.4 Å². The maximum absolute atomic E-state index is 12.1. The van der Waals surface area contributed by atoms with Crippen LogP contribution in [0.5, 0.6) is 0 Å². The van der Waals surface area contributed by atoms with E-state index >= 15 is 0 Å². The molecule has 0 bridgehead atoms. The van der Waals surface area contributed by atoms with E-state index in [1.807, 2.05) is 19.9 Å². The molecule has 0 aromatic heterocycles. The van der Waals surface area contributed by atoms with E-state index in [2.05, 4.69) is 15.4 Å². The van der Waals surface area contributed by atoms with E-state index in [9.17, 15) is 21.6 Å². The number of nitrogens with one attached hydrogen (secondary N) is 3. The second-order valence-electron chi connectivity index (χ2n) is 6.25. The summed E-state index contributed by atoms with van der Waals surface area (Å²) in [5.74, 6) is -0.357. The van der Waals surface area contributed by atoms with Gasteiger partial charge in [0.15, 0.2) is 0 Å². The monoisotopic (exact) mass is 426 g/mol. The number of hydrogen-bond donors (Lipinski definition) is 4. The number of urea groups is 1. The average molecular weight is 427 g/mol. The van der Waals surface area contributed by atoms with E-state index < -0.39 is 26.1 Å². The Balaban J connectivity index is 1.86. The molecule has 0 saturated heterocycles. The van der Waals surface area contributed by atoms with Crippen LogP contribution in [0, 0.1) is 13.8 Å². The van der Waals surface area contributed by atoms with Crippen molar-refractivity contribution < 1.29 is 21.6 Å². The largest absolute Gasteiger partial charge is 0.337 e. The fourth-order valence-electron chi connectivity index (χ4n) is 2.46. The molecule has 0 aliphatic heterocycles. The van der Waals surface area contributed by atoms with Gasteiger partial charge in [-0.2, -0.15) is 0 Å². The van der Waals surface area contributed by atoms with Gasteiger partial charge in [-0.15, -0.1) is 0 Å². The molecule has 0 atom stereocenters. The van der Waals surface area contributed by atoms with E-state index in [1.54, 1.807) is 12.1 Å². The summed E-state index contributed by atoms with van der Waals surface area (Å²) < 4.78 is 48.9. The maximum Gasteiger partial charge on any atom is 0.319 e. The molecule has 2 amide bonds. The molecule has 9 nitrogen and oxygen atoms in total. The minimum absolute atomic E-state index is 0.110. The molecule has 11 heteroatoms. The lowest BCUT2D eigenvalue weighted by Gasteiger charge is -2.11. The van der Waals surface area contributed by atoms with Crippen molar-refractivity contribution in [1.29, 1.82) is 0 Å². The number of sulfonamides is 2. The van der Waals surface area contributed by atoms with Gasteiger partial charge in [0.25, 0.3) is 0 Å². The summed E-state index contributed by atoms with van der Waals surface area (Å²) in [6.45, 7) is 3.70. The lowest BCUT2D eigenvalue weighted by atomic mass is 10.1. The Hall–Kier alpha value is -2.63. The minimum Gasteiger partial charge on any atom is -0.337 e. The molecule has 0 aliphatic rings. The van der Waals surface area contributed by atoms with Crippen LogP contribution in [-0.2, 0) is 20.0 Å². The van der Waals surface area contributed by atoms with E-state index in [1.165, 1.54) is 24.3 Å². The van der Waals surface area contributed by atoms with Gasteiger partial charge < -0.3 is 10.6 Å². The standard InChI is InChI=1S/C17H22N4O5S2/c1-12-9-13(2)11-15(10-12)20-17(22)19-7-8-27(23,24)21-14-3-5-16(6-4-14)28(18,25)26/h3-6,9-11,21H,7-8H2,1-2H3,(H2,18,25,26)(H2,19,20,22). The van der Waals surface area contributed by atoms with Gasteiger partial charge in [0.2, 0.25) is 20.0 Å². The third kappa shape index (κ3) is 6.83. The van der Waals surface area contributed by atoms with Crippen molar-refractivity contribution in [3.63, 3.8) is 0 Å². The summed E-state index contributed by atoms with van der Waals surface area (Å²) in [5, 5.41) is 10.1. The van der Waals surface area contributed by atoms with Crippen molar-refractivity contribution in [3.05, 3.63) is 53.6 Å². The molecule has 0 fully saturated rings. The third-order valence-corrected chi connectivity index (χ3v) is 5.81. The molecule has 0 unspecified atom stereocenters. The van der Waals surface area contributed by atoms with Gasteiger partial charge in [-0.1, -0.05) is 6.07 Å². The highest BCUT2D eigenvalue weighted by molar-refractivity contribution is 7.92. The lowest BCUT2D eigenvalue weighted by Crippen LogP contribution is -2.34. The first-order valence-electron chi connectivity index (χ1n) is 8.21. The lowest BCUT2D eigenvalue weighted by molar-refractivity contribution is 0.252. The Morgan fingerprint density at radius 1 is 0.929 bits per heavy atom. The summed E-state index contributed by atoms with van der Waals surface area (Å²) in [5.41, 5.74) is 2.80. The highest BCUT2D eigenvalue weighted by Gasteiger charge is 2.13. The molecule has 0 spiro atoms. The zero-order chi connectivity index (χ0) is 20.9. The van der Waals surface area contributed by atoms with Crippen molar-refractivity contribution >= 4 is 37.5 Å². The first kappa shape index (κ1) is 21.7. The number of anilines is 2. The third-order valence-electron chi connectivity index (χ3n) is 3.59. The highest BCUT2D eigenvalue weighted by Crippen LogP contribution is 2.15. The van der Waals surface area contributed by atoms with Gasteiger partial charge >= 0.3 is 6.03 Å². The predicted octanol–water partition coefficient (Wildman–Crippen LogP) is 1.51. The Kier molecular flexibility index (Phi) is 6.65. The van der Waals surface area contributed by atoms with Crippen molar-refractivity contribution in [2.24, 2.45) is 5.14 Å². The summed E-state index contributed by atoms with van der Waals surface area (Å²) in [7, 11) is -7.59. The highest BCUT2D eigenvalue weighted by atomic mass is 32.2. The van der Waals surface area contributed by atoms with E-state index in [0.717, 1.165) is 11.1 Å². The minimum atomic E-state index is -3.85. The molecule has 28 heavy (non-hydrogen) atoms. The molecule has 2 aromatic rings. The normalized spacial score (nSPS) is 11.7. The first-order valence-corrected chi connectivity index (χ1v) is 11.4. The molecule has 2 rings (SSSR count). The Labute approximate surface area is 164 Å². The molecule has 152 valence electrons. The fraction of sp³-hybridized carbons (Fsp3) is 0.235. The van der Waals surface area contributed by atoms with Gasteiger partial charge in [0.05, 0.1) is 10.6 Å². The van der Waals surface area contributed by atoms with Crippen LogP contribution in [0.3, 0.4) is 0 Å². The van der Waals surface area contributed by atoms with Crippen molar-refractivity contribution in [1.82, 2.24) is 5.32 Å². The van der Waals surface area contributed by atoms with Crippen LogP contribution in [-0.4, -0.2) is 35.2 Å². The molecule has 0 aliphatic carbocycles. The zero-order valence-electron chi connectivity index (χ0n) is 15.4. The first-order chi connectivity index (χ1) is 12.9. The molecule has 0 saturated carbocycles. The molecule has 0 heterocycles. The Morgan fingerprint density at radius 2 is 1.50 bits per heavy atom.